The van der Waals surface area contributed by atoms with Gasteiger partial charge >= 0.3 is 0 Å². The zero-order valence-corrected chi connectivity index (χ0v) is 16.3. The third-order valence-corrected chi connectivity index (χ3v) is 6.10. The highest BCUT2D eigenvalue weighted by atomic mass is 19.1. The molecule has 4 rings (SSSR count). The van der Waals surface area contributed by atoms with E-state index in [0.717, 1.165) is 44.5 Å². The van der Waals surface area contributed by atoms with Crippen LogP contribution >= 0.6 is 0 Å². The minimum atomic E-state index is -0.301. The Balaban J connectivity index is 1.34. The molecule has 1 atom stereocenters. The molecule has 0 radical (unpaired) electrons. The number of hydrogen-bond donors (Lipinski definition) is 0. The molecular formula is C23H27FN2O2. The second-order valence-corrected chi connectivity index (χ2v) is 7.75. The van der Waals surface area contributed by atoms with Crippen LogP contribution in [0.2, 0.25) is 0 Å². The van der Waals surface area contributed by atoms with Crippen molar-refractivity contribution in [3.63, 3.8) is 0 Å². The Bertz CT molecular complexity index is 819. The predicted molar refractivity (Wildman–Crippen MR) is 107 cm³/mol. The van der Waals surface area contributed by atoms with E-state index in [1.807, 2.05) is 29.2 Å². The summed E-state index contributed by atoms with van der Waals surface area (Å²) in [6.07, 6.45) is 2.80. The summed E-state index contributed by atoms with van der Waals surface area (Å²) in [5.41, 5.74) is 2.21. The molecule has 0 bridgehead atoms. The summed E-state index contributed by atoms with van der Waals surface area (Å²) >= 11 is 0. The summed E-state index contributed by atoms with van der Waals surface area (Å²) in [5, 5.41) is 0. The van der Waals surface area contributed by atoms with Crippen molar-refractivity contribution in [3.05, 3.63) is 65.5 Å². The molecule has 2 fully saturated rings. The number of halogens is 1. The van der Waals surface area contributed by atoms with Crippen molar-refractivity contribution in [2.24, 2.45) is 0 Å². The summed E-state index contributed by atoms with van der Waals surface area (Å²) in [6, 6.07) is 15.4. The number of carbonyl (C=O) groups excluding carboxylic acids is 1. The number of methoxy groups -OCH3 is 1. The van der Waals surface area contributed by atoms with E-state index < -0.39 is 0 Å². The number of ether oxygens (including phenoxy) is 1. The van der Waals surface area contributed by atoms with Crippen LogP contribution in [0.5, 0.6) is 5.75 Å². The quantitative estimate of drug-likeness (QED) is 0.788. The summed E-state index contributed by atoms with van der Waals surface area (Å²) in [7, 11) is 1.48. The van der Waals surface area contributed by atoms with Crippen LogP contribution in [0.3, 0.4) is 0 Å². The summed E-state index contributed by atoms with van der Waals surface area (Å²) in [6.45, 7) is 3.28. The summed E-state index contributed by atoms with van der Waals surface area (Å²) in [5.74, 6) is 0.576. The minimum Gasteiger partial charge on any atom is -0.494 e. The Labute approximate surface area is 165 Å². The Morgan fingerprint density at radius 3 is 2.46 bits per heavy atom. The van der Waals surface area contributed by atoms with E-state index in [2.05, 4.69) is 17.0 Å². The van der Waals surface area contributed by atoms with Crippen molar-refractivity contribution in [1.82, 2.24) is 9.80 Å². The van der Waals surface area contributed by atoms with Crippen LogP contribution in [-0.4, -0.2) is 48.5 Å². The lowest BCUT2D eigenvalue weighted by Gasteiger charge is -2.35. The first-order chi connectivity index (χ1) is 13.7. The molecular weight excluding hydrogens is 355 g/mol. The van der Waals surface area contributed by atoms with Gasteiger partial charge in [0, 0.05) is 13.1 Å². The first kappa shape index (κ1) is 18.9. The Morgan fingerprint density at radius 1 is 1.04 bits per heavy atom. The third kappa shape index (κ3) is 3.90. The molecule has 2 aromatic rings. The molecule has 0 spiro atoms. The highest BCUT2D eigenvalue weighted by Crippen LogP contribution is 2.32. The molecule has 1 unspecified atom stereocenters. The molecule has 2 heterocycles. The van der Waals surface area contributed by atoms with Gasteiger partial charge in [-0.3, -0.25) is 9.69 Å². The van der Waals surface area contributed by atoms with Gasteiger partial charge < -0.3 is 9.64 Å². The lowest BCUT2D eigenvalue weighted by Crippen LogP contribution is -2.45. The fraction of sp³-hybridized carbons (Fsp3) is 0.435. The Morgan fingerprint density at radius 2 is 1.79 bits per heavy atom. The van der Waals surface area contributed by atoms with Crippen molar-refractivity contribution in [3.8, 4) is 5.75 Å². The molecule has 5 heteroatoms. The van der Waals surface area contributed by atoms with E-state index in [0.29, 0.717) is 12.5 Å². The van der Waals surface area contributed by atoms with Crippen molar-refractivity contribution >= 4 is 5.91 Å². The van der Waals surface area contributed by atoms with Crippen LogP contribution < -0.4 is 4.74 Å². The van der Waals surface area contributed by atoms with Gasteiger partial charge in [-0.25, -0.2) is 4.39 Å². The number of amides is 1. The standard InChI is InChI=1S/C23H27FN2O2/c1-28-22-8-7-19(15-20(22)24)18-9-12-25(13-10-18)21-11-14-26(23(21)27)16-17-5-3-2-4-6-17/h2-8,15,18,21H,9-14,16H2,1H3. The van der Waals surface area contributed by atoms with Crippen molar-refractivity contribution < 1.29 is 13.9 Å². The average Bonchev–Trinajstić information content (AvgIpc) is 3.09. The van der Waals surface area contributed by atoms with Gasteiger partial charge in [0.2, 0.25) is 5.91 Å². The number of benzene rings is 2. The molecule has 1 amide bonds. The van der Waals surface area contributed by atoms with Crippen LogP contribution in [0.25, 0.3) is 0 Å². The molecule has 0 aliphatic carbocycles. The molecule has 148 valence electrons. The topological polar surface area (TPSA) is 32.8 Å². The Hall–Kier alpha value is -2.40. The van der Waals surface area contributed by atoms with E-state index in [-0.39, 0.29) is 23.5 Å². The van der Waals surface area contributed by atoms with Gasteiger partial charge in [0.1, 0.15) is 0 Å². The van der Waals surface area contributed by atoms with E-state index >= 15 is 0 Å². The van der Waals surface area contributed by atoms with Crippen LogP contribution in [0.15, 0.2) is 48.5 Å². The number of hydrogen-bond acceptors (Lipinski definition) is 3. The zero-order chi connectivity index (χ0) is 19.5. The lowest BCUT2D eigenvalue weighted by molar-refractivity contribution is -0.133. The SMILES string of the molecule is COc1ccc(C2CCN(C3CCN(Cc4ccccc4)C3=O)CC2)cc1F. The fourth-order valence-corrected chi connectivity index (χ4v) is 4.50. The fourth-order valence-electron chi connectivity index (χ4n) is 4.50. The van der Waals surface area contributed by atoms with Gasteiger partial charge in [0.05, 0.1) is 13.2 Å². The minimum absolute atomic E-state index is 0.00253. The second kappa shape index (κ2) is 8.31. The monoisotopic (exact) mass is 382 g/mol. The highest BCUT2D eigenvalue weighted by molar-refractivity contribution is 5.84. The second-order valence-electron chi connectivity index (χ2n) is 7.75. The van der Waals surface area contributed by atoms with Crippen molar-refractivity contribution in [1.29, 1.82) is 0 Å². The van der Waals surface area contributed by atoms with Gasteiger partial charge in [-0.15, -0.1) is 0 Å². The van der Waals surface area contributed by atoms with Crippen LogP contribution in [0.4, 0.5) is 4.39 Å². The molecule has 0 aromatic heterocycles. The average molecular weight is 382 g/mol. The number of carbonyl (C=O) groups is 1. The normalized spacial score (nSPS) is 21.3. The maximum atomic E-state index is 14.0. The molecule has 0 N–H and O–H groups in total. The first-order valence-electron chi connectivity index (χ1n) is 10.1. The van der Waals surface area contributed by atoms with Crippen LogP contribution in [0, 0.1) is 5.82 Å². The molecule has 2 saturated heterocycles. The van der Waals surface area contributed by atoms with E-state index in [1.165, 1.54) is 12.7 Å². The van der Waals surface area contributed by atoms with Crippen molar-refractivity contribution in [2.75, 3.05) is 26.7 Å². The highest BCUT2D eigenvalue weighted by Gasteiger charge is 2.37. The van der Waals surface area contributed by atoms with Crippen LogP contribution in [0.1, 0.15) is 36.3 Å². The summed E-state index contributed by atoms with van der Waals surface area (Å²) < 4.78 is 19.0. The first-order valence-corrected chi connectivity index (χ1v) is 10.1. The van der Waals surface area contributed by atoms with E-state index in [9.17, 15) is 9.18 Å². The summed E-state index contributed by atoms with van der Waals surface area (Å²) in [4.78, 5) is 17.2. The maximum Gasteiger partial charge on any atom is 0.240 e. The smallest absolute Gasteiger partial charge is 0.240 e. The molecule has 28 heavy (non-hydrogen) atoms. The number of rotatable bonds is 5. The lowest BCUT2D eigenvalue weighted by atomic mass is 9.88. The van der Waals surface area contributed by atoms with Gasteiger partial charge in [0.15, 0.2) is 11.6 Å². The molecule has 2 aromatic carbocycles. The number of piperidine rings is 1. The van der Waals surface area contributed by atoms with Gasteiger partial charge in [-0.2, -0.15) is 0 Å². The third-order valence-electron chi connectivity index (χ3n) is 6.10. The Kier molecular flexibility index (Phi) is 5.62. The number of nitrogens with zero attached hydrogens (tertiary/aromatic N) is 2. The van der Waals surface area contributed by atoms with E-state index in [4.69, 9.17) is 4.74 Å². The maximum absolute atomic E-state index is 14.0. The number of likely N-dealkylation sites (tertiary alicyclic amines) is 2. The van der Waals surface area contributed by atoms with Gasteiger partial charge in [-0.05, 0) is 61.5 Å². The van der Waals surface area contributed by atoms with Gasteiger partial charge in [-0.1, -0.05) is 36.4 Å². The van der Waals surface area contributed by atoms with Gasteiger partial charge in [0.25, 0.3) is 0 Å². The molecule has 0 saturated carbocycles. The van der Waals surface area contributed by atoms with E-state index in [1.54, 1.807) is 12.1 Å². The largest absolute Gasteiger partial charge is 0.494 e. The predicted octanol–water partition coefficient (Wildman–Crippen LogP) is 3.81. The molecule has 2 aliphatic heterocycles. The molecule has 2 aliphatic rings. The van der Waals surface area contributed by atoms with Crippen LogP contribution in [-0.2, 0) is 11.3 Å². The molecule has 4 nitrogen and oxygen atoms in total. The van der Waals surface area contributed by atoms with Crippen molar-refractivity contribution in [2.45, 2.75) is 37.8 Å². The zero-order valence-electron chi connectivity index (χ0n) is 16.3.